The lowest BCUT2D eigenvalue weighted by Crippen LogP contribution is -2.29. The predicted molar refractivity (Wildman–Crippen MR) is 81.4 cm³/mol. The van der Waals surface area contributed by atoms with Gasteiger partial charge >= 0.3 is 0 Å². The molecule has 0 heterocycles. The van der Waals surface area contributed by atoms with E-state index in [9.17, 15) is 0 Å². The molecule has 0 fully saturated rings. The van der Waals surface area contributed by atoms with Crippen molar-refractivity contribution in [3.05, 3.63) is 29.3 Å². The summed E-state index contributed by atoms with van der Waals surface area (Å²) in [4.78, 5) is 0. The van der Waals surface area contributed by atoms with Crippen molar-refractivity contribution in [2.75, 3.05) is 18.5 Å². The summed E-state index contributed by atoms with van der Waals surface area (Å²) >= 11 is 11.1. The van der Waals surface area contributed by atoms with Crippen molar-refractivity contribution >= 4 is 34.6 Å². The summed E-state index contributed by atoms with van der Waals surface area (Å²) in [6, 6.07) is 7.45. The normalized spacial score (nSPS) is 10.4. The number of hydrogen-bond donors (Lipinski definition) is 2. The Labute approximate surface area is 119 Å². The molecule has 0 aliphatic rings. The molecule has 0 saturated carbocycles. The van der Waals surface area contributed by atoms with E-state index in [4.69, 9.17) is 28.6 Å². The van der Waals surface area contributed by atoms with Crippen LogP contribution >= 0.6 is 23.8 Å². The minimum atomic E-state index is 0.279. The molecule has 2 N–H and O–H groups in total. The molecule has 1 aromatic carbocycles. The maximum atomic E-state index is 5.88. The molecule has 0 unspecified atom stereocenters. The van der Waals surface area contributed by atoms with E-state index in [1.165, 1.54) is 0 Å². The molecule has 100 valence electrons. The van der Waals surface area contributed by atoms with E-state index in [1.54, 1.807) is 0 Å². The van der Waals surface area contributed by atoms with Crippen LogP contribution in [0.2, 0.25) is 5.02 Å². The smallest absolute Gasteiger partial charge is 0.170 e. The zero-order valence-corrected chi connectivity index (χ0v) is 12.3. The SMILES string of the molecule is CC(C)OCCCNC(=S)Nc1cccc(Cl)c1. The van der Waals surface area contributed by atoms with Gasteiger partial charge in [0.1, 0.15) is 0 Å². The van der Waals surface area contributed by atoms with Crippen molar-refractivity contribution in [1.29, 1.82) is 0 Å². The van der Waals surface area contributed by atoms with Gasteiger partial charge < -0.3 is 15.4 Å². The van der Waals surface area contributed by atoms with Crippen LogP contribution in [0.1, 0.15) is 20.3 Å². The van der Waals surface area contributed by atoms with Crippen molar-refractivity contribution in [3.8, 4) is 0 Å². The Kier molecular flexibility index (Phi) is 7.01. The molecular formula is C13H19ClN2OS. The topological polar surface area (TPSA) is 33.3 Å². The molecule has 1 rings (SSSR count). The summed E-state index contributed by atoms with van der Waals surface area (Å²) in [5.74, 6) is 0. The molecule has 0 aliphatic heterocycles. The summed E-state index contributed by atoms with van der Waals surface area (Å²) < 4.78 is 5.44. The molecule has 0 amide bonds. The minimum absolute atomic E-state index is 0.279. The van der Waals surface area contributed by atoms with Crippen molar-refractivity contribution in [2.24, 2.45) is 0 Å². The van der Waals surface area contributed by atoms with Crippen LogP contribution in [-0.4, -0.2) is 24.4 Å². The molecule has 0 saturated heterocycles. The number of thiocarbonyl (C=S) groups is 1. The van der Waals surface area contributed by atoms with Crippen molar-refractivity contribution in [1.82, 2.24) is 5.32 Å². The highest BCUT2D eigenvalue weighted by Crippen LogP contribution is 2.14. The summed E-state index contributed by atoms with van der Waals surface area (Å²) in [7, 11) is 0. The first kappa shape index (κ1) is 15.2. The third-order valence-electron chi connectivity index (χ3n) is 2.14. The van der Waals surface area contributed by atoms with Gasteiger partial charge in [0.05, 0.1) is 6.10 Å². The largest absolute Gasteiger partial charge is 0.379 e. The Balaban J connectivity index is 2.18. The van der Waals surface area contributed by atoms with Gasteiger partial charge in [-0.2, -0.15) is 0 Å². The van der Waals surface area contributed by atoms with Crippen LogP contribution < -0.4 is 10.6 Å². The number of hydrogen-bond acceptors (Lipinski definition) is 2. The van der Waals surface area contributed by atoms with Gasteiger partial charge in [-0.3, -0.25) is 0 Å². The lowest BCUT2D eigenvalue weighted by molar-refractivity contribution is 0.0777. The molecule has 0 radical (unpaired) electrons. The zero-order chi connectivity index (χ0) is 13.4. The molecule has 0 spiro atoms. The van der Waals surface area contributed by atoms with Gasteiger partial charge in [-0.05, 0) is 50.7 Å². The molecule has 3 nitrogen and oxygen atoms in total. The quantitative estimate of drug-likeness (QED) is 0.620. The van der Waals surface area contributed by atoms with Crippen LogP contribution in [0.25, 0.3) is 0 Å². The van der Waals surface area contributed by atoms with Crippen molar-refractivity contribution < 1.29 is 4.74 Å². The molecule has 0 aliphatic carbocycles. The van der Waals surface area contributed by atoms with E-state index in [2.05, 4.69) is 10.6 Å². The number of rotatable bonds is 6. The fourth-order valence-corrected chi connectivity index (χ4v) is 1.74. The lowest BCUT2D eigenvalue weighted by Gasteiger charge is -2.11. The van der Waals surface area contributed by atoms with Crippen molar-refractivity contribution in [3.63, 3.8) is 0 Å². The van der Waals surface area contributed by atoms with E-state index < -0.39 is 0 Å². The van der Waals surface area contributed by atoms with E-state index in [0.29, 0.717) is 10.1 Å². The third-order valence-corrected chi connectivity index (χ3v) is 2.62. The molecular weight excluding hydrogens is 268 g/mol. The minimum Gasteiger partial charge on any atom is -0.379 e. The van der Waals surface area contributed by atoms with Gasteiger partial charge in [0.2, 0.25) is 0 Å². The van der Waals surface area contributed by atoms with E-state index in [1.807, 2.05) is 38.1 Å². The number of nitrogens with one attached hydrogen (secondary N) is 2. The second-order valence-electron chi connectivity index (χ2n) is 4.16. The fraction of sp³-hybridized carbons (Fsp3) is 0.462. The monoisotopic (exact) mass is 286 g/mol. The van der Waals surface area contributed by atoms with E-state index in [-0.39, 0.29) is 6.10 Å². The highest BCUT2D eigenvalue weighted by atomic mass is 35.5. The molecule has 1 aromatic rings. The van der Waals surface area contributed by atoms with Crippen LogP contribution in [0, 0.1) is 0 Å². The van der Waals surface area contributed by atoms with Gasteiger partial charge in [-0.1, -0.05) is 17.7 Å². The lowest BCUT2D eigenvalue weighted by atomic mass is 10.3. The fourth-order valence-electron chi connectivity index (χ4n) is 1.33. The number of anilines is 1. The second kappa shape index (κ2) is 8.29. The predicted octanol–water partition coefficient (Wildman–Crippen LogP) is 3.44. The van der Waals surface area contributed by atoms with Gasteiger partial charge in [0.15, 0.2) is 5.11 Å². The van der Waals surface area contributed by atoms with Crippen LogP contribution in [0.5, 0.6) is 0 Å². The third kappa shape index (κ3) is 6.79. The van der Waals surface area contributed by atoms with E-state index in [0.717, 1.165) is 25.3 Å². The molecule has 0 atom stereocenters. The molecule has 0 bridgehead atoms. The van der Waals surface area contributed by atoms with Crippen LogP contribution in [0.3, 0.4) is 0 Å². The Bertz CT molecular complexity index is 385. The maximum Gasteiger partial charge on any atom is 0.170 e. The number of halogens is 1. The Morgan fingerprint density at radius 2 is 2.22 bits per heavy atom. The summed E-state index contributed by atoms with van der Waals surface area (Å²) in [5.41, 5.74) is 0.887. The summed E-state index contributed by atoms with van der Waals surface area (Å²) in [6.07, 6.45) is 1.21. The molecule has 0 aromatic heterocycles. The van der Waals surface area contributed by atoms with Crippen LogP contribution in [0.15, 0.2) is 24.3 Å². The van der Waals surface area contributed by atoms with Crippen LogP contribution in [0.4, 0.5) is 5.69 Å². The highest BCUT2D eigenvalue weighted by Gasteiger charge is 1.98. The van der Waals surface area contributed by atoms with Gasteiger partial charge in [0, 0.05) is 23.9 Å². The average molecular weight is 287 g/mol. The van der Waals surface area contributed by atoms with Gasteiger partial charge in [-0.15, -0.1) is 0 Å². The first-order chi connectivity index (χ1) is 8.58. The Morgan fingerprint density at radius 1 is 1.44 bits per heavy atom. The van der Waals surface area contributed by atoms with Gasteiger partial charge in [-0.25, -0.2) is 0 Å². The highest BCUT2D eigenvalue weighted by molar-refractivity contribution is 7.80. The second-order valence-corrected chi connectivity index (χ2v) is 5.01. The Hall–Kier alpha value is -0.840. The summed E-state index contributed by atoms with van der Waals surface area (Å²) in [6.45, 7) is 5.58. The average Bonchev–Trinajstić information content (AvgIpc) is 2.28. The van der Waals surface area contributed by atoms with Crippen LogP contribution in [-0.2, 0) is 4.74 Å². The first-order valence-corrected chi connectivity index (χ1v) is 6.78. The molecule has 18 heavy (non-hydrogen) atoms. The van der Waals surface area contributed by atoms with E-state index >= 15 is 0 Å². The standard InChI is InChI=1S/C13H19ClN2OS/c1-10(2)17-8-4-7-15-13(18)16-12-6-3-5-11(14)9-12/h3,5-6,9-10H,4,7-8H2,1-2H3,(H2,15,16,18). The first-order valence-electron chi connectivity index (χ1n) is 6.00. The van der Waals surface area contributed by atoms with Crippen molar-refractivity contribution in [2.45, 2.75) is 26.4 Å². The van der Waals surface area contributed by atoms with Gasteiger partial charge in [0.25, 0.3) is 0 Å². The summed E-state index contributed by atoms with van der Waals surface area (Å²) in [5, 5.41) is 7.49. The Morgan fingerprint density at radius 3 is 2.89 bits per heavy atom. The number of benzene rings is 1. The zero-order valence-electron chi connectivity index (χ0n) is 10.7. The molecule has 5 heteroatoms. The number of ether oxygens (including phenoxy) is 1. The maximum absolute atomic E-state index is 5.88.